The first kappa shape index (κ1) is 15.2. The lowest BCUT2D eigenvalue weighted by Gasteiger charge is -2.16. The second kappa shape index (κ2) is 6.62. The average Bonchev–Trinajstić information content (AvgIpc) is 3.01. The zero-order valence-corrected chi connectivity index (χ0v) is 12.7. The van der Waals surface area contributed by atoms with Gasteiger partial charge in [0.15, 0.2) is 0 Å². The van der Waals surface area contributed by atoms with Crippen molar-refractivity contribution < 1.29 is 14.7 Å². The van der Waals surface area contributed by atoms with Crippen molar-refractivity contribution in [2.75, 3.05) is 16.8 Å². The van der Waals surface area contributed by atoms with Crippen LogP contribution >= 0.6 is 0 Å². The van der Waals surface area contributed by atoms with Crippen LogP contribution in [-0.2, 0) is 11.4 Å². The van der Waals surface area contributed by atoms with E-state index in [9.17, 15) is 9.59 Å². The molecule has 0 spiro atoms. The monoisotopic (exact) mass is 310 g/mol. The maximum absolute atomic E-state index is 12.4. The molecule has 1 aliphatic rings. The molecule has 23 heavy (non-hydrogen) atoms. The van der Waals surface area contributed by atoms with Crippen LogP contribution in [0.3, 0.4) is 0 Å². The molecule has 2 N–H and O–H groups in total. The van der Waals surface area contributed by atoms with Crippen molar-refractivity contribution in [1.82, 2.24) is 0 Å². The summed E-state index contributed by atoms with van der Waals surface area (Å²) < 4.78 is 0. The highest BCUT2D eigenvalue weighted by atomic mass is 16.3. The third kappa shape index (κ3) is 3.40. The quantitative estimate of drug-likeness (QED) is 0.912. The van der Waals surface area contributed by atoms with Gasteiger partial charge in [-0.15, -0.1) is 0 Å². The lowest BCUT2D eigenvalue weighted by molar-refractivity contribution is -0.117. The zero-order chi connectivity index (χ0) is 16.2. The number of aliphatic hydroxyl groups is 1. The molecule has 0 atom stereocenters. The minimum absolute atomic E-state index is 0.0731. The van der Waals surface area contributed by atoms with Gasteiger partial charge in [-0.2, -0.15) is 0 Å². The van der Waals surface area contributed by atoms with Crippen LogP contribution < -0.4 is 10.2 Å². The summed E-state index contributed by atoms with van der Waals surface area (Å²) in [6.45, 7) is 0.624. The molecular weight excluding hydrogens is 292 g/mol. The van der Waals surface area contributed by atoms with Crippen molar-refractivity contribution in [3.63, 3.8) is 0 Å². The van der Waals surface area contributed by atoms with Gasteiger partial charge in [-0.1, -0.05) is 18.2 Å². The largest absolute Gasteiger partial charge is 0.392 e. The Morgan fingerprint density at radius 2 is 2.00 bits per heavy atom. The molecule has 5 nitrogen and oxygen atoms in total. The summed E-state index contributed by atoms with van der Waals surface area (Å²) in [6.07, 6.45) is 1.41. The minimum atomic E-state index is -0.242. The maximum Gasteiger partial charge on any atom is 0.255 e. The molecular formula is C18H18N2O3. The van der Waals surface area contributed by atoms with Crippen LogP contribution in [-0.4, -0.2) is 23.5 Å². The molecule has 0 unspecified atom stereocenters. The van der Waals surface area contributed by atoms with Gasteiger partial charge in [0.25, 0.3) is 5.91 Å². The Kier molecular flexibility index (Phi) is 4.39. The lowest BCUT2D eigenvalue weighted by Crippen LogP contribution is -2.24. The van der Waals surface area contributed by atoms with Crippen molar-refractivity contribution in [2.24, 2.45) is 0 Å². The lowest BCUT2D eigenvalue weighted by atomic mass is 10.1. The van der Waals surface area contributed by atoms with E-state index in [-0.39, 0.29) is 18.4 Å². The fourth-order valence-electron chi connectivity index (χ4n) is 2.69. The number of carbonyl (C=O) groups excluding carboxylic acids is 2. The highest BCUT2D eigenvalue weighted by Gasteiger charge is 2.22. The van der Waals surface area contributed by atoms with Crippen molar-refractivity contribution in [2.45, 2.75) is 19.4 Å². The Hall–Kier alpha value is -2.66. The molecule has 118 valence electrons. The standard InChI is InChI=1S/C18H18N2O3/c21-12-13-4-1-6-15(10-13)19-18(23)14-5-2-7-16(11-14)20-9-3-8-17(20)22/h1-2,4-7,10-11,21H,3,8-9,12H2,(H,19,23). The molecule has 1 fully saturated rings. The first-order valence-corrected chi connectivity index (χ1v) is 7.59. The van der Waals surface area contributed by atoms with E-state index in [1.54, 1.807) is 47.4 Å². The number of rotatable bonds is 4. The maximum atomic E-state index is 12.4. The summed E-state index contributed by atoms with van der Waals surface area (Å²) in [7, 11) is 0. The summed E-state index contributed by atoms with van der Waals surface area (Å²) in [5.41, 5.74) is 2.62. The number of aliphatic hydroxyl groups excluding tert-OH is 1. The van der Waals surface area contributed by atoms with Crippen molar-refractivity contribution in [3.05, 3.63) is 59.7 Å². The normalized spacial score (nSPS) is 14.1. The summed E-state index contributed by atoms with van der Waals surface area (Å²) in [4.78, 5) is 25.9. The Morgan fingerprint density at radius 3 is 2.74 bits per heavy atom. The van der Waals surface area contributed by atoms with Crippen molar-refractivity contribution in [3.8, 4) is 0 Å². The van der Waals surface area contributed by atoms with E-state index < -0.39 is 0 Å². The molecule has 3 rings (SSSR count). The third-order valence-electron chi connectivity index (χ3n) is 3.86. The summed E-state index contributed by atoms with van der Waals surface area (Å²) >= 11 is 0. The molecule has 1 saturated heterocycles. The van der Waals surface area contributed by atoms with Gasteiger partial charge < -0.3 is 15.3 Å². The molecule has 2 aromatic rings. The van der Waals surface area contributed by atoms with Gasteiger partial charge in [-0.05, 0) is 42.3 Å². The second-order valence-electron chi connectivity index (χ2n) is 5.51. The predicted molar refractivity (Wildman–Crippen MR) is 88.3 cm³/mol. The van der Waals surface area contributed by atoms with Crippen LogP contribution in [0.25, 0.3) is 0 Å². The Morgan fingerprint density at radius 1 is 1.17 bits per heavy atom. The molecule has 2 aromatic carbocycles. The van der Waals surface area contributed by atoms with Crippen LogP contribution in [0, 0.1) is 0 Å². The number of anilines is 2. The molecule has 0 aliphatic carbocycles. The van der Waals surface area contributed by atoms with Crippen molar-refractivity contribution >= 4 is 23.2 Å². The van der Waals surface area contributed by atoms with Gasteiger partial charge in [0, 0.05) is 29.9 Å². The number of hydrogen-bond donors (Lipinski definition) is 2. The van der Waals surface area contributed by atoms with Gasteiger partial charge in [0.05, 0.1) is 6.61 Å². The molecule has 5 heteroatoms. The Balaban J connectivity index is 1.78. The van der Waals surface area contributed by atoms with Gasteiger partial charge in [0.1, 0.15) is 0 Å². The number of nitrogens with one attached hydrogen (secondary N) is 1. The molecule has 0 saturated carbocycles. The van der Waals surface area contributed by atoms with Crippen LogP contribution in [0.4, 0.5) is 11.4 Å². The summed E-state index contributed by atoms with van der Waals surface area (Å²) in [6, 6.07) is 14.1. The number of carbonyl (C=O) groups is 2. The van der Waals surface area contributed by atoms with E-state index in [0.29, 0.717) is 24.2 Å². The number of amides is 2. The molecule has 1 aliphatic heterocycles. The Labute approximate surface area is 134 Å². The van der Waals surface area contributed by atoms with E-state index in [1.807, 2.05) is 6.07 Å². The summed E-state index contributed by atoms with van der Waals surface area (Å²) in [5, 5.41) is 12.0. The van der Waals surface area contributed by atoms with Crippen LogP contribution in [0.15, 0.2) is 48.5 Å². The second-order valence-corrected chi connectivity index (χ2v) is 5.51. The molecule has 0 bridgehead atoms. The molecule has 0 radical (unpaired) electrons. The van der Waals surface area contributed by atoms with E-state index in [4.69, 9.17) is 5.11 Å². The van der Waals surface area contributed by atoms with E-state index in [2.05, 4.69) is 5.32 Å². The van der Waals surface area contributed by atoms with Gasteiger partial charge in [0.2, 0.25) is 5.91 Å². The summed E-state index contributed by atoms with van der Waals surface area (Å²) in [5.74, 6) is -0.146. The number of hydrogen-bond acceptors (Lipinski definition) is 3. The van der Waals surface area contributed by atoms with E-state index in [0.717, 1.165) is 17.7 Å². The fraction of sp³-hybridized carbons (Fsp3) is 0.222. The smallest absolute Gasteiger partial charge is 0.255 e. The van der Waals surface area contributed by atoms with Crippen molar-refractivity contribution in [1.29, 1.82) is 0 Å². The molecule has 0 aromatic heterocycles. The van der Waals surface area contributed by atoms with Gasteiger partial charge in [-0.3, -0.25) is 9.59 Å². The first-order valence-electron chi connectivity index (χ1n) is 7.59. The van der Waals surface area contributed by atoms with Gasteiger partial charge >= 0.3 is 0 Å². The molecule has 2 amide bonds. The van der Waals surface area contributed by atoms with Crippen LogP contribution in [0.1, 0.15) is 28.8 Å². The first-order chi connectivity index (χ1) is 11.2. The predicted octanol–water partition coefficient (Wildman–Crippen LogP) is 2.56. The van der Waals surface area contributed by atoms with E-state index in [1.165, 1.54) is 0 Å². The SMILES string of the molecule is O=C(Nc1cccc(CO)c1)c1cccc(N2CCCC2=O)c1. The number of nitrogens with zero attached hydrogens (tertiary/aromatic N) is 1. The average molecular weight is 310 g/mol. The molecule has 1 heterocycles. The number of benzene rings is 2. The van der Waals surface area contributed by atoms with Gasteiger partial charge in [-0.25, -0.2) is 0 Å². The third-order valence-corrected chi connectivity index (χ3v) is 3.86. The van der Waals surface area contributed by atoms with E-state index >= 15 is 0 Å². The van der Waals surface area contributed by atoms with Crippen LogP contribution in [0.2, 0.25) is 0 Å². The highest BCUT2D eigenvalue weighted by Crippen LogP contribution is 2.23. The topological polar surface area (TPSA) is 69.6 Å². The Bertz CT molecular complexity index is 743. The minimum Gasteiger partial charge on any atom is -0.392 e. The van der Waals surface area contributed by atoms with Crippen LogP contribution in [0.5, 0.6) is 0 Å². The fourth-order valence-corrected chi connectivity index (χ4v) is 2.69. The highest BCUT2D eigenvalue weighted by molar-refractivity contribution is 6.05. The zero-order valence-electron chi connectivity index (χ0n) is 12.7.